The number of aliphatic imine (C=N–C) groups is 1. The van der Waals surface area contributed by atoms with E-state index in [1.54, 1.807) is 0 Å². The van der Waals surface area contributed by atoms with Gasteiger partial charge in [0.2, 0.25) is 0 Å². The largest absolute Gasteiger partial charge is 0.370 e. The van der Waals surface area contributed by atoms with Crippen LogP contribution in [-0.2, 0) is 0 Å². The summed E-state index contributed by atoms with van der Waals surface area (Å²) in [6.07, 6.45) is 4.41. The predicted octanol–water partition coefficient (Wildman–Crippen LogP) is 3.79. The minimum Gasteiger partial charge on any atom is -0.370 e. The molecule has 0 aliphatic carbocycles. The van der Waals surface area contributed by atoms with Crippen molar-refractivity contribution in [2.45, 2.75) is 26.7 Å². The smallest absolute Gasteiger partial charge is 0.193 e. The lowest BCUT2D eigenvalue weighted by Gasteiger charge is -2.08. The number of guanidine groups is 1. The number of hydrogen-bond donors (Lipinski definition) is 2. The molecular weight excluding hydrogens is 369 g/mol. The third-order valence-electron chi connectivity index (χ3n) is 2.82. The van der Waals surface area contributed by atoms with Gasteiger partial charge in [-0.3, -0.25) is 4.99 Å². The van der Waals surface area contributed by atoms with Crippen molar-refractivity contribution >= 4 is 47.4 Å². The summed E-state index contributed by atoms with van der Waals surface area (Å²) < 4.78 is 0. The Kier molecular flexibility index (Phi) is 10.1. The zero-order chi connectivity index (χ0) is 13.4. The van der Waals surface area contributed by atoms with E-state index in [1.165, 1.54) is 23.3 Å². The van der Waals surface area contributed by atoms with Gasteiger partial charge in [-0.2, -0.15) is 11.8 Å². The van der Waals surface area contributed by atoms with Crippen molar-refractivity contribution < 1.29 is 0 Å². The maximum absolute atomic E-state index is 5.84. The van der Waals surface area contributed by atoms with E-state index in [0.29, 0.717) is 5.96 Å². The van der Waals surface area contributed by atoms with E-state index in [-0.39, 0.29) is 24.0 Å². The summed E-state index contributed by atoms with van der Waals surface area (Å²) >= 11 is 1.87. The molecule has 0 aliphatic rings. The molecule has 0 radical (unpaired) electrons. The summed E-state index contributed by atoms with van der Waals surface area (Å²) in [5.41, 5.74) is 9.39. The number of nitrogens with zero attached hydrogens (tertiary/aromatic N) is 1. The van der Waals surface area contributed by atoms with Crippen molar-refractivity contribution in [3.63, 3.8) is 0 Å². The number of aryl methyl sites for hydroxylation is 2. The van der Waals surface area contributed by atoms with Crippen molar-refractivity contribution in [3.05, 3.63) is 29.3 Å². The van der Waals surface area contributed by atoms with Gasteiger partial charge in [-0.05, 0) is 62.0 Å². The lowest BCUT2D eigenvalue weighted by molar-refractivity contribution is 0.815. The molecule has 0 saturated heterocycles. The average Bonchev–Trinajstić information content (AvgIpc) is 2.34. The molecule has 108 valence electrons. The first kappa shape index (κ1) is 18.6. The number of nitrogens with two attached hydrogens (primary N) is 1. The Hall–Kier alpha value is -0.430. The van der Waals surface area contributed by atoms with Crippen LogP contribution in [0.2, 0.25) is 0 Å². The first-order chi connectivity index (χ1) is 8.63. The Balaban J connectivity index is 0.00000324. The van der Waals surface area contributed by atoms with Crippen molar-refractivity contribution in [2.75, 3.05) is 23.9 Å². The molecule has 19 heavy (non-hydrogen) atoms. The quantitative estimate of drug-likeness (QED) is 0.335. The molecule has 0 aliphatic heterocycles. The first-order valence-electron chi connectivity index (χ1n) is 6.26. The van der Waals surface area contributed by atoms with Crippen LogP contribution in [0.5, 0.6) is 0 Å². The molecular formula is C14H24IN3S. The Morgan fingerprint density at radius 3 is 2.63 bits per heavy atom. The molecule has 3 N–H and O–H groups in total. The minimum absolute atomic E-state index is 0. The van der Waals surface area contributed by atoms with Gasteiger partial charge < -0.3 is 11.1 Å². The van der Waals surface area contributed by atoms with E-state index in [9.17, 15) is 0 Å². The highest BCUT2D eigenvalue weighted by molar-refractivity contribution is 14.0. The minimum atomic E-state index is 0. The van der Waals surface area contributed by atoms with Gasteiger partial charge in [0, 0.05) is 12.2 Å². The maximum atomic E-state index is 5.84. The summed E-state index contributed by atoms with van der Waals surface area (Å²) in [7, 11) is 0. The van der Waals surface area contributed by atoms with E-state index in [4.69, 9.17) is 5.73 Å². The fourth-order valence-electron chi connectivity index (χ4n) is 1.56. The Morgan fingerprint density at radius 1 is 1.26 bits per heavy atom. The number of nitrogens with one attached hydrogen (secondary N) is 1. The van der Waals surface area contributed by atoms with E-state index in [1.807, 2.05) is 17.8 Å². The summed E-state index contributed by atoms with van der Waals surface area (Å²) in [6.45, 7) is 4.99. The lowest BCUT2D eigenvalue weighted by Crippen LogP contribution is -2.22. The van der Waals surface area contributed by atoms with Crippen molar-refractivity contribution in [2.24, 2.45) is 10.7 Å². The van der Waals surface area contributed by atoms with Crippen molar-refractivity contribution in [3.8, 4) is 0 Å². The van der Waals surface area contributed by atoms with Gasteiger partial charge in [0.25, 0.3) is 0 Å². The molecule has 0 amide bonds. The van der Waals surface area contributed by atoms with Crippen molar-refractivity contribution in [1.29, 1.82) is 0 Å². The first-order valence-corrected chi connectivity index (χ1v) is 7.66. The Bertz CT molecular complexity index is 408. The van der Waals surface area contributed by atoms with Gasteiger partial charge in [0.1, 0.15) is 0 Å². The Labute approximate surface area is 137 Å². The molecule has 5 heteroatoms. The molecule has 0 atom stereocenters. The standard InChI is InChI=1S/C14H23N3S.HI/c1-11-6-7-13(10-12(11)2)17-14(15)16-8-4-5-9-18-3;/h6-7,10H,4-5,8-9H2,1-3H3,(H3,15,16,17);1H. The van der Waals surface area contributed by atoms with Gasteiger partial charge in [-0.15, -0.1) is 24.0 Å². The number of benzene rings is 1. The number of halogens is 1. The van der Waals surface area contributed by atoms with Crippen LogP contribution in [0.3, 0.4) is 0 Å². The van der Waals surface area contributed by atoms with Gasteiger partial charge in [-0.25, -0.2) is 0 Å². The van der Waals surface area contributed by atoms with Crippen molar-refractivity contribution in [1.82, 2.24) is 0 Å². The monoisotopic (exact) mass is 393 g/mol. The van der Waals surface area contributed by atoms with Crippen LogP contribution >= 0.6 is 35.7 Å². The van der Waals surface area contributed by atoms with E-state index < -0.39 is 0 Å². The highest BCUT2D eigenvalue weighted by atomic mass is 127. The van der Waals surface area contributed by atoms with Gasteiger partial charge in [0.05, 0.1) is 0 Å². The summed E-state index contributed by atoms with van der Waals surface area (Å²) in [4.78, 5) is 4.32. The second-order valence-electron chi connectivity index (χ2n) is 4.39. The van der Waals surface area contributed by atoms with Gasteiger partial charge in [0.15, 0.2) is 5.96 Å². The topological polar surface area (TPSA) is 50.4 Å². The second-order valence-corrected chi connectivity index (χ2v) is 5.38. The van der Waals surface area contributed by atoms with E-state index in [2.05, 4.69) is 42.5 Å². The molecule has 0 heterocycles. The average molecular weight is 393 g/mol. The van der Waals surface area contributed by atoms with Crippen LogP contribution < -0.4 is 11.1 Å². The van der Waals surface area contributed by atoms with Gasteiger partial charge in [-0.1, -0.05) is 6.07 Å². The molecule has 1 aromatic carbocycles. The normalized spacial score (nSPS) is 11.0. The van der Waals surface area contributed by atoms with Crippen LogP contribution in [-0.4, -0.2) is 24.5 Å². The van der Waals surface area contributed by atoms with Crippen LogP contribution in [0.4, 0.5) is 5.69 Å². The summed E-state index contributed by atoms with van der Waals surface area (Å²) in [6, 6.07) is 6.20. The predicted molar refractivity (Wildman–Crippen MR) is 99.1 cm³/mol. The fraction of sp³-hybridized carbons (Fsp3) is 0.500. The summed E-state index contributed by atoms with van der Waals surface area (Å²) in [5.74, 6) is 1.70. The number of thioether (sulfide) groups is 1. The van der Waals surface area contributed by atoms with E-state index in [0.717, 1.165) is 18.7 Å². The Morgan fingerprint density at radius 2 is 2.00 bits per heavy atom. The molecule has 0 fully saturated rings. The zero-order valence-corrected chi connectivity index (χ0v) is 15.0. The number of hydrogen-bond acceptors (Lipinski definition) is 2. The third-order valence-corrected chi connectivity index (χ3v) is 3.51. The van der Waals surface area contributed by atoms with Crippen LogP contribution in [0, 0.1) is 13.8 Å². The molecule has 0 bridgehead atoms. The lowest BCUT2D eigenvalue weighted by atomic mass is 10.1. The number of anilines is 1. The second kappa shape index (κ2) is 10.4. The molecule has 0 spiro atoms. The van der Waals surface area contributed by atoms with Crippen LogP contribution in [0.1, 0.15) is 24.0 Å². The van der Waals surface area contributed by atoms with E-state index >= 15 is 0 Å². The number of unbranched alkanes of at least 4 members (excludes halogenated alkanes) is 1. The molecule has 1 rings (SSSR count). The zero-order valence-electron chi connectivity index (χ0n) is 11.9. The number of rotatable bonds is 6. The summed E-state index contributed by atoms with van der Waals surface area (Å²) in [5, 5.41) is 3.12. The molecule has 0 saturated carbocycles. The molecule has 0 unspecified atom stereocenters. The molecule has 0 aromatic heterocycles. The fourth-order valence-corrected chi connectivity index (χ4v) is 2.06. The van der Waals surface area contributed by atoms with Gasteiger partial charge >= 0.3 is 0 Å². The highest BCUT2D eigenvalue weighted by Crippen LogP contribution is 2.13. The third kappa shape index (κ3) is 7.67. The van der Waals surface area contributed by atoms with Crippen LogP contribution in [0.15, 0.2) is 23.2 Å². The molecule has 1 aromatic rings. The maximum Gasteiger partial charge on any atom is 0.193 e. The molecule has 3 nitrogen and oxygen atoms in total. The highest BCUT2D eigenvalue weighted by Gasteiger charge is 1.97. The SMILES string of the molecule is CSCCCCN=C(N)Nc1ccc(C)c(C)c1.I. The van der Waals surface area contributed by atoms with Crippen LogP contribution in [0.25, 0.3) is 0 Å².